The van der Waals surface area contributed by atoms with Gasteiger partial charge in [0, 0.05) is 17.7 Å². The molecule has 1 heterocycles. The maximum atomic E-state index is 12.0. The van der Waals surface area contributed by atoms with Gasteiger partial charge >= 0.3 is 5.97 Å². The normalized spacial score (nSPS) is 11.3. The van der Waals surface area contributed by atoms with E-state index in [-0.39, 0.29) is 17.1 Å². The summed E-state index contributed by atoms with van der Waals surface area (Å²) in [4.78, 5) is 27.2. The molecule has 2 N–H and O–H groups in total. The SMILES string of the molecule is CC(C)(C)c1ncsc1C(=O)NCCSCC(=O)O. The fourth-order valence-corrected chi connectivity index (χ4v) is 2.90. The van der Waals surface area contributed by atoms with Gasteiger partial charge in [0.2, 0.25) is 0 Å². The van der Waals surface area contributed by atoms with Crippen LogP contribution in [0.2, 0.25) is 0 Å². The number of nitrogens with one attached hydrogen (secondary N) is 1. The summed E-state index contributed by atoms with van der Waals surface area (Å²) in [5.74, 6) is -0.331. The van der Waals surface area contributed by atoms with Gasteiger partial charge in [-0.05, 0) is 0 Å². The standard InChI is InChI=1S/C12H18N2O3S2/c1-12(2,3)10-9(19-7-14-10)11(17)13-4-5-18-6-8(15)16/h7H,4-6H2,1-3H3,(H,13,17)(H,15,16). The van der Waals surface area contributed by atoms with Crippen LogP contribution in [0.15, 0.2) is 5.51 Å². The number of rotatable bonds is 6. The van der Waals surface area contributed by atoms with Crippen molar-refractivity contribution in [1.29, 1.82) is 0 Å². The zero-order valence-electron chi connectivity index (χ0n) is 11.2. The van der Waals surface area contributed by atoms with Gasteiger partial charge in [0.1, 0.15) is 4.88 Å². The average molecular weight is 302 g/mol. The topological polar surface area (TPSA) is 79.3 Å². The third kappa shape index (κ3) is 5.20. The second-order valence-electron chi connectivity index (χ2n) is 4.98. The summed E-state index contributed by atoms with van der Waals surface area (Å²) in [6.45, 7) is 6.50. The van der Waals surface area contributed by atoms with Gasteiger partial charge in [-0.1, -0.05) is 20.8 Å². The van der Waals surface area contributed by atoms with Crippen molar-refractivity contribution in [3.05, 3.63) is 16.1 Å². The fourth-order valence-electron chi connectivity index (χ4n) is 1.42. The van der Waals surface area contributed by atoms with E-state index in [1.807, 2.05) is 20.8 Å². The zero-order valence-corrected chi connectivity index (χ0v) is 12.9. The molecule has 5 nitrogen and oxygen atoms in total. The Bertz CT molecular complexity index is 452. The molecule has 0 unspecified atom stereocenters. The molecular weight excluding hydrogens is 284 g/mol. The van der Waals surface area contributed by atoms with Crippen molar-refractivity contribution >= 4 is 35.0 Å². The Kier molecular flexibility index (Phi) is 5.81. The number of carbonyl (C=O) groups excluding carboxylic acids is 1. The minimum absolute atomic E-state index is 0.0592. The molecule has 1 aromatic rings. The van der Waals surface area contributed by atoms with E-state index in [0.717, 1.165) is 5.69 Å². The lowest BCUT2D eigenvalue weighted by Gasteiger charge is -2.17. The number of nitrogens with zero attached hydrogens (tertiary/aromatic N) is 1. The van der Waals surface area contributed by atoms with E-state index >= 15 is 0 Å². The lowest BCUT2D eigenvalue weighted by molar-refractivity contribution is -0.133. The molecule has 0 aliphatic heterocycles. The van der Waals surface area contributed by atoms with Crippen molar-refractivity contribution < 1.29 is 14.7 Å². The van der Waals surface area contributed by atoms with Crippen molar-refractivity contribution in [3.63, 3.8) is 0 Å². The Morgan fingerprint density at radius 2 is 2.16 bits per heavy atom. The molecule has 0 bridgehead atoms. The number of thiazole rings is 1. The molecule has 0 radical (unpaired) electrons. The van der Waals surface area contributed by atoms with Crippen LogP contribution in [-0.2, 0) is 10.2 Å². The number of hydrogen-bond acceptors (Lipinski definition) is 5. The van der Waals surface area contributed by atoms with E-state index in [9.17, 15) is 9.59 Å². The molecule has 0 atom stereocenters. The summed E-state index contributed by atoms with van der Waals surface area (Å²) in [5.41, 5.74) is 2.31. The third-order valence-corrected chi connectivity index (χ3v) is 4.01. The average Bonchev–Trinajstić information content (AvgIpc) is 2.76. The molecule has 7 heteroatoms. The van der Waals surface area contributed by atoms with Crippen LogP contribution in [0.3, 0.4) is 0 Å². The highest BCUT2D eigenvalue weighted by atomic mass is 32.2. The van der Waals surface area contributed by atoms with Crippen LogP contribution in [0.1, 0.15) is 36.1 Å². The maximum absolute atomic E-state index is 12.0. The number of hydrogen-bond donors (Lipinski definition) is 2. The number of carbonyl (C=O) groups is 2. The van der Waals surface area contributed by atoms with Crippen LogP contribution < -0.4 is 5.32 Å². The molecule has 0 aliphatic rings. The number of thioether (sulfide) groups is 1. The highest BCUT2D eigenvalue weighted by Crippen LogP contribution is 2.26. The maximum Gasteiger partial charge on any atom is 0.313 e. The Labute approximate surface area is 120 Å². The van der Waals surface area contributed by atoms with Crippen LogP contribution >= 0.6 is 23.1 Å². The quantitative estimate of drug-likeness (QED) is 0.786. The van der Waals surface area contributed by atoms with Crippen molar-refractivity contribution in [2.24, 2.45) is 0 Å². The van der Waals surface area contributed by atoms with Gasteiger partial charge in [0.05, 0.1) is 17.0 Å². The summed E-state index contributed by atoms with van der Waals surface area (Å²) < 4.78 is 0. The van der Waals surface area contributed by atoms with Gasteiger partial charge in [-0.2, -0.15) is 0 Å². The second kappa shape index (κ2) is 6.91. The van der Waals surface area contributed by atoms with Gasteiger partial charge < -0.3 is 10.4 Å². The summed E-state index contributed by atoms with van der Waals surface area (Å²) in [7, 11) is 0. The van der Waals surface area contributed by atoms with Gasteiger partial charge in [0.15, 0.2) is 0 Å². The first-order valence-electron chi connectivity index (χ1n) is 5.84. The Morgan fingerprint density at radius 1 is 1.47 bits per heavy atom. The molecule has 0 spiro atoms. The lowest BCUT2D eigenvalue weighted by atomic mass is 9.91. The number of amides is 1. The molecule has 0 aliphatic carbocycles. The molecular formula is C12H18N2O3S2. The van der Waals surface area contributed by atoms with Gasteiger partial charge in [0.25, 0.3) is 5.91 Å². The smallest absolute Gasteiger partial charge is 0.313 e. The largest absolute Gasteiger partial charge is 0.481 e. The van der Waals surface area contributed by atoms with E-state index in [4.69, 9.17) is 5.11 Å². The van der Waals surface area contributed by atoms with E-state index in [0.29, 0.717) is 17.2 Å². The van der Waals surface area contributed by atoms with E-state index in [2.05, 4.69) is 10.3 Å². The van der Waals surface area contributed by atoms with Crippen LogP contribution in [0.4, 0.5) is 0 Å². The van der Waals surface area contributed by atoms with E-state index in [1.54, 1.807) is 5.51 Å². The third-order valence-electron chi connectivity index (χ3n) is 2.24. The molecule has 1 aromatic heterocycles. The second-order valence-corrected chi connectivity index (χ2v) is 6.94. The Balaban J connectivity index is 2.46. The monoisotopic (exact) mass is 302 g/mol. The predicted molar refractivity (Wildman–Crippen MR) is 78.1 cm³/mol. The summed E-state index contributed by atoms with van der Waals surface area (Å²) in [6, 6.07) is 0. The molecule has 1 amide bonds. The van der Waals surface area contributed by atoms with E-state index in [1.165, 1.54) is 23.1 Å². The highest BCUT2D eigenvalue weighted by Gasteiger charge is 2.24. The summed E-state index contributed by atoms with van der Waals surface area (Å²) in [5, 5.41) is 11.3. The number of aliphatic carboxylic acids is 1. The van der Waals surface area contributed by atoms with Crippen LogP contribution in [0, 0.1) is 0 Å². The molecule has 0 saturated carbocycles. The first kappa shape index (κ1) is 16.0. The fraction of sp³-hybridized carbons (Fsp3) is 0.583. The Morgan fingerprint density at radius 3 is 2.74 bits per heavy atom. The minimum atomic E-state index is -0.839. The molecule has 19 heavy (non-hydrogen) atoms. The first-order chi connectivity index (χ1) is 8.82. The molecule has 0 saturated heterocycles. The molecule has 1 rings (SSSR count). The first-order valence-corrected chi connectivity index (χ1v) is 7.87. The molecule has 0 aromatic carbocycles. The number of carboxylic acid groups (broad SMARTS) is 1. The predicted octanol–water partition coefficient (Wildman–Crippen LogP) is 1.99. The summed E-state index contributed by atoms with van der Waals surface area (Å²) in [6.07, 6.45) is 0. The summed E-state index contributed by atoms with van der Waals surface area (Å²) >= 11 is 2.61. The minimum Gasteiger partial charge on any atom is -0.481 e. The zero-order chi connectivity index (χ0) is 14.5. The van der Waals surface area contributed by atoms with Crippen LogP contribution in [-0.4, -0.2) is 40.0 Å². The van der Waals surface area contributed by atoms with Gasteiger partial charge in [-0.15, -0.1) is 23.1 Å². The molecule has 0 fully saturated rings. The van der Waals surface area contributed by atoms with Crippen LogP contribution in [0.25, 0.3) is 0 Å². The van der Waals surface area contributed by atoms with Crippen molar-refractivity contribution in [2.45, 2.75) is 26.2 Å². The van der Waals surface area contributed by atoms with Gasteiger partial charge in [-0.3, -0.25) is 9.59 Å². The number of aromatic nitrogens is 1. The van der Waals surface area contributed by atoms with Crippen LogP contribution in [0.5, 0.6) is 0 Å². The van der Waals surface area contributed by atoms with Crippen molar-refractivity contribution in [2.75, 3.05) is 18.1 Å². The van der Waals surface area contributed by atoms with Crippen molar-refractivity contribution in [3.8, 4) is 0 Å². The molecule has 106 valence electrons. The van der Waals surface area contributed by atoms with Gasteiger partial charge in [-0.25, -0.2) is 4.98 Å². The van der Waals surface area contributed by atoms with Crippen molar-refractivity contribution in [1.82, 2.24) is 10.3 Å². The van der Waals surface area contributed by atoms with E-state index < -0.39 is 5.97 Å². The Hall–Kier alpha value is -1.08. The number of carboxylic acids is 1. The lowest BCUT2D eigenvalue weighted by Crippen LogP contribution is -2.28. The highest BCUT2D eigenvalue weighted by molar-refractivity contribution is 7.99.